The van der Waals surface area contributed by atoms with Gasteiger partial charge in [-0.05, 0) is 116 Å². The molecule has 0 atom stereocenters. The van der Waals surface area contributed by atoms with Crippen LogP contribution in [0.3, 0.4) is 0 Å². The maximum atomic E-state index is 13.9. The first kappa shape index (κ1) is 35.5. The maximum absolute atomic E-state index is 13.9. The number of para-hydroxylation sites is 2. The zero-order valence-electron chi connectivity index (χ0n) is 31.8. The van der Waals surface area contributed by atoms with Crippen molar-refractivity contribution in [3.63, 3.8) is 0 Å². The van der Waals surface area contributed by atoms with E-state index in [1.807, 2.05) is 73.8 Å². The first-order valence-corrected chi connectivity index (χ1v) is 20.6. The molecule has 0 spiro atoms. The average molecular weight is 780 g/mol. The van der Waals surface area contributed by atoms with Gasteiger partial charge in [-0.2, -0.15) is 5.26 Å². The van der Waals surface area contributed by atoms with Gasteiger partial charge in [-0.15, -0.1) is 18.1 Å². The number of nitriles is 1. The molecule has 0 N–H and O–H groups in total. The standard InChI is InChI=1S/C51H33N5O2S/c1-3-5-7-14-35(13-4-2)54-44-19-11-10-17-42(44)47-45(54)30-28-40-41-29-31-46-48(43-18-12-32-53-51(43)55(46)36-15-8-6-9-16-36)50(41)56(49(40)47)37-22-26-39(27-23-37)59(57,58)38-24-20-34(33-52)21-25-38/h2-3,6-12,14-32H,13H2,1H3/b35-14+. The second kappa shape index (κ2) is 14.0. The van der Waals surface area contributed by atoms with Crippen molar-refractivity contribution in [2.24, 2.45) is 0 Å². The molecule has 0 saturated carbocycles. The van der Waals surface area contributed by atoms with E-state index in [0.29, 0.717) is 12.0 Å². The lowest BCUT2D eigenvalue weighted by atomic mass is 10.1. The monoisotopic (exact) mass is 779 g/mol. The largest absolute Gasteiger partial charge is 0.312 e. The SMILES string of the molecule is C#CC/C(=C\C=C=CC)n1c2ccccc2c2c1ccc1c3ccc4c(c5cccnc5n4-c4ccccc4)c3n(-c3ccc(S(=O)(=O)c4ccc(C#N)cc4)cc3)c12. The fraction of sp³-hybridized carbons (Fsp3) is 0.0392. The summed E-state index contributed by atoms with van der Waals surface area (Å²) in [5.74, 6) is 2.87. The van der Waals surface area contributed by atoms with Crippen LogP contribution in [0.4, 0.5) is 0 Å². The van der Waals surface area contributed by atoms with E-state index < -0.39 is 9.84 Å². The minimum absolute atomic E-state index is 0.124. The van der Waals surface area contributed by atoms with Gasteiger partial charge in [0.2, 0.25) is 9.84 Å². The van der Waals surface area contributed by atoms with E-state index in [-0.39, 0.29) is 9.79 Å². The van der Waals surface area contributed by atoms with E-state index in [9.17, 15) is 13.7 Å². The first-order valence-electron chi connectivity index (χ1n) is 19.1. The Balaban J connectivity index is 1.36. The summed E-state index contributed by atoms with van der Waals surface area (Å²) in [7, 11) is -3.88. The number of terminal acetylenes is 1. The van der Waals surface area contributed by atoms with Crippen LogP contribution < -0.4 is 0 Å². The molecule has 7 nitrogen and oxygen atoms in total. The van der Waals surface area contributed by atoms with E-state index in [0.717, 1.165) is 82.6 Å². The Morgan fingerprint density at radius 3 is 2.00 bits per heavy atom. The van der Waals surface area contributed by atoms with Gasteiger partial charge in [0.1, 0.15) is 5.65 Å². The van der Waals surface area contributed by atoms with Crippen molar-refractivity contribution in [2.45, 2.75) is 23.1 Å². The number of allylic oxidation sites excluding steroid dienone is 3. The zero-order chi connectivity index (χ0) is 40.3. The van der Waals surface area contributed by atoms with Crippen LogP contribution in [-0.2, 0) is 9.84 Å². The lowest BCUT2D eigenvalue weighted by molar-refractivity contribution is 0.596. The molecule has 8 heteroatoms. The smallest absolute Gasteiger partial charge is 0.206 e. The number of benzene rings is 6. The molecule has 0 saturated heterocycles. The third kappa shape index (κ3) is 5.44. The van der Waals surface area contributed by atoms with Gasteiger partial charge >= 0.3 is 0 Å². The summed E-state index contributed by atoms with van der Waals surface area (Å²) < 4.78 is 34.6. The van der Waals surface area contributed by atoms with Crippen molar-refractivity contribution >= 4 is 81.1 Å². The highest BCUT2D eigenvalue weighted by Crippen LogP contribution is 2.46. The molecule has 6 aromatic carbocycles. The molecule has 4 heterocycles. The highest BCUT2D eigenvalue weighted by Gasteiger charge is 2.26. The molecule has 0 radical (unpaired) electrons. The van der Waals surface area contributed by atoms with Gasteiger partial charge in [0.25, 0.3) is 0 Å². The van der Waals surface area contributed by atoms with Gasteiger partial charge in [-0.25, -0.2) is 13.4 Å². The van der Waals surface area contributed by atoms with Crippen LogP contribution >= 0.6 is 0 Å². The second-order valence-electron chi connectivity index (χ2n) is 14.2. The molecule has 10 rings (SSSR count). The normalized spacial score (nSPS) is 12.0. The molecule has 280 valence electrons. The number of aromatic nitrogens is 4. The summed E-state index contributed by atoms with van der Waals surface area (Å²) in [6, 6.07) is 46.6. The van der Waals surface area contributed by atoms with Crippen LogP contribution in [0.15, 0.2) is 179 Å². The van der Waals surface area contributed by atoms with E-state index in [1.54, 1.807) is 12.1 Å². The lowest BCUT2D eigenvalue weighted by Gasteiger charge is -2.12. The Morgan fingerprint density at radius 2 is 1.31 bits per heavy atom. The molecule has 0 amide bonds. The summed E-state index contributed by atoms with van der Waals surface area (Å²) >= 11 is 0. The second-order valence-corrected chi connectivity index (χ2v) is 16.2. The number of hydrogen-bond acceptors (Lipinski definition) is 4. The predicted molar refractivity (Wildman–Crippen MR) is 239 cm³/mol. The summed E-state index contributed by atoms with van der Waals surface area (Å²) in [6.45, 7) is 1.93. The van der Waals surface area contributed by atoms with Crippen LogP contribution in [0.2, 0.25) is 0 Å². The average Bonchev–Trinajstić information content (AvgIpc) is 3.92. The number of hydrogen-bond donors (Lipinski definition) is 0. The van der Waals surface area contributed by atoms with Crippen molar-refractivity contribution in [1.29, 1.82) is 5.26 Å². The molecule has 0 aliphatic heterocycles. The van der Waals surface area contributed by atoms with Crippen LogP contribution in [0.5, 0.6) is 0 Å². The van der Waals surface area contributed by atoms with Gasteiger partial charge < -0.3 is 9.13 Å². The molecule has 4 aromatic heterocycles. The molecule has 0 aliphatic rings. The summed E-state index contributed by atoms with van der Waals surface area (Å²) in [6.07, 6.45) is 14.0. The first-order chi connectivity index (χ1) is 28.9. The van der Waals surface area contributed by atoms with Crippen molar-refractivity contribution in [1.82, 2.24) is 18.7 Å². The molecule has 0 fully saturated rings. The number of fused-ring (bicyclic) bond motifs is 11. The van der Waals surface area contributed by atoms with Crippen LogP contribution in [0, 0.1) is 23.7 Å². The minimum Gasteiger partial charge on any atom is -0.312 e. The summed E-state index contributed by atoms with van der Waals surface area (Å²) in [5.41, 5.74) is 12.1. The summed E-state index contributed by atoms with van der Waals surface area (Å²) in [4.78, 5) is 5.21. The molecule has 10 aromatic rings. The molecule has 0 bridgehead atoms. The Hall–Kier alpha value is -7.87. The predicted octanol–water partition coefficient (Wildman–Crippen LogP) is 11.7. The van der Waals surface area contributed by atoms with E-state index in [4.69, 9.17) is 11.4 Å². The van der Waals surface area contributed by atoms with Gasteiger partial charge in [-0.1, -0.05) is 48.5 Å². The Labute approximate surface area is 340 Å². The number of rotatable bonds is 7. The van der Waals surface area contributed by atoms with Crippen LogP contribution in [0.25, 0.3) is 82.6 Å². The third-order valence-corrected chi connectivity index (χ3v) is 12.8. The highest BCUT2D eigenvalue weighted by atomic mass is 32.2. The van der Waals surface area contributed by atoms with Crippen molar-refractivity contribution in [2.75, 3.05) is 0 Å². The van der Waals surface area contributed by atoms with Crippen LogP contribution in [0.1, 0.15) is 18.9 Å². The number of sulfone groups is 1. The Morgan fingerprint density at radius 1 is 0.678 bits per heavy atom. The van der Waals surface area contributed by atoms with E-state index >= 15 is 0 Å². The van der Waals surface area contributed by atoms with Gasteiger partial charge in [0, 0.05) is 62.0 Å². The number of nitrogens with zero attached hydrogens (tertiary/aromatic N) is 5. The molecular formula is C51H33N5O2S. The van der Waals surface area contributed by atoms with Gasteiger partial charge in [-0.3, -0.25) is 4.57 Å². The quantitative estimate of drug-likeness (QED) is 0.0916. The Bertz CT molecular complexity index is 3640. The molecular weight excluding hydrogens is 747 g/mol. The lowest BCUT2D eigenvalue weighted by Crippen LogP contribution is -2.03. The van der Waals surface area contributed by atoms with Gasteiger partial charge in [0.05, 0.1) is 49.0 Å². The molecule has 59 heavy (non-hydrogen) atoms. The fourth-order valence-electron chi connectivity index (χ4n) is 8.55. The van der Waals surface area contributed by atoms with E-state index in [2.05, 4.69) is 92.1 Å². The van der Waals surface area contributed by atoms with Crippen molar-refractivity contribution in [3.8, 4) is 29.8 Å². The van der Waals surface area contributed by atoms with E-state index in [1.165, 1.54) is 24.3 Å². The number of pyridine rings is 1. The third-order valence-electron chi connectivity index (χ3n) is 11.0. The summed E-state index contributed by atoms with van der Waals surface area (Å²) in [5, 5.41) is 15.5. The maximum Gasteiger partial charge on any atom is 0.206 e. The van der Waals surface area contributed by atoms with Crippen molar-refractivity contribution in [3.05, 3.63) is 175 Å². The molecule has 0 unspecified atom stereocenters. The van der Waals surface area contributed by atoms with Crippen LogP contribution in [-0.4, -0.2) is 27.1 Å². The topological polar surface area (TPSA) is 85.6 Å². The highest BCUT2D eigenvalue weighted by molar-refractivity contribution is 7.91. The molecule has 0 aliphatic carbocycles. The van der Waals surface area contributed by atoms with Gasteiger partial charge in [0.15, 0.2) is 0 Å². The fourth-order valence-corrected chi connectivity index (χ4v) is 9.81. The zero-order valence-corrected chi connectivity index (χ0v) is 32.7. The minimum atomic E-state index is -3.88. The van der Waals surface area contributed by atoms with Crippen molar-refractivity contribution < 1.29 is 8.42 Å². The Kier molecular flexibility index (Phi) is 8.40.